The number of benzene rings is 2. The highest BCUT2D eigenvalue weighted by Crippen LogP contribution is 2.36. The maximum absolute atomic E-state index is 14.1. The van der Waals surface area contributed by atoms with Crippen LogP contribution in [0.4, 0.5) is 10.1 Å². The van der Waals surface area contributed by atoms with Crippen LogP contribution >= 0.6 is 11.6 Å². The molecule has 0 fully saturated rings. The second-order valence-electron chi connectivity index (χ2n) is 4.94. The molecule has 2 aromatic carbocycles. The van der Waals surface area contributed by atoms with Crippen molar-refractivity contribution in [1.82, 2.24) is 0 Å². The molecule has 2 N–H and O–H groups in total. The summed E-state index contributed by atoms with van der Waals surface area (Å²) in [6, 6.07) is 13.9. The van der Waals surface area contributed by atoms with Crippen LogP contribution in [0.25, 0.3) is 0 Å². The number of hydrazone groups is 1. The Balaban J connectivity index is 2.02. The molecule has 0 saturated carbocycles. The van der Waals surface area contributed by atoms with Gasteiger partial charge in [0.15, 0.2) is 0 Å². The smallest absolute Gasteiger partial charge is 0.128 e. The fourth-order valence-electron chi connectivity index (χ4n) is 2.54. The number of anilines is 1. The molecular weight excluding hydrogens is 289 g/mol. The molecule has 0 aliphatic carbocycles. The van der Waals surface area contributed by atoms with E-state index in [0.717, 1.165) is 11.4 Å². The molecule has 0 spiro atoms. The average Bonchev–Trinajstić information content (AvgIpc) is 2.92. The van der Waals surface area contributed by atoms with Gasteiger partial charge in [-0.15, -0.1) is 0 Å². The van der Waals surface area contributed by atoms with Crippen molar-refractivity contribution in [2.45, 2.75) is 12.5 Å². The van der Waals surface area contributed by atoms with Crippen LogP contribution in [0.5, 0.6) is 0 Å². The number of hydrogen-bond acceptors (Lipinski definition) is 3. The van der Waals surface area contributed by atoms with E-state index in [1.165, 1.54) is 6.07 Å². The summed E-state index contributed by atoms with van der Waals surface area (Å²) in [5, 5.41) is 6.94. The van der Waals surface area contributed by atoms with Crippen LogP contribution in [0.2, 0.25) is 5.02 Å². The summed E-state index contributed by atoms with van der Waals surface area (Å²) in [5.41, 5.74) is 8.00. The Labute approximate surface area is 127 Å². The van der Waals surface area contributed by atoms with Crippen molar-refractivity contribution in [1.29, 1.82) is 0 Å². The molecule has 108 valence electrons. The Morgan fingerprint density at radius 1 is 1.24 bits per heavy atom. The van der Waals surface area contributed by atoms with Gasteiger partial charge < -0.3 is 5.73 Å². The largest absolute Gasteiger partial charge is 0.325 e. The van der Waals surface area contributed by atoms with Gasteiger partial charge in [0, 0.05) is 23.6 Å². The summed E-state index contributed by atoms with van der Waals surface area (Å²) in [6.07, 6.45) is 0.615. The Morgan fingerprint density at radius 2 is 2.05 bits per heavy atom. The molecule has 0 amide bonds. The van der Waals surface area contributed by atoms with E-state index in [0.29, 0.717) is 23.6 Å². The van der Waals surface area contributed by atoms with Crippen LogP contribution in [0.15, 0.2) is 53.6 Å². The topological polar surface area (TPSA) is 41.6 Å². The van der Waals surface area contributed by atoms with Crippen molar-refractivity contribution in [3.8, 4) is 0 Å². The third kappa shape index (κ3) is 2.77. The predicted molar refractivity (Wildman–Crippen MR) is 84.2 cm³/mol. The van der Waals surface area contributed by atoms with E-state index in [-0.39, 0.29) is 11.9 Å². The van der Waals surface area contributed by atoms with Gasteiger partial charge in [-0.2, -0.15) is 5.10 Å². The molecule has 0 bridgehead atoms. The molecule has 21 heavy (non-hydrogen) atoms. The molecule has 0 aromatic heterocycles. The molecular formula is C16H15ClFN3. The first-order valence-corrected chi connectivity index (χ1v) is 7.12. The molecule has 1 atom stereocenters. The lowest BCUT2D eigenvalue weighted by molar-refractivity contribution is 0.579. The lowest BCUT2D eigenvalue weighted by atomic mass is 10.0. The molecule has 1 unspecified atom stereocenters. The normalized spacial score (nSPS) is 18.0. The molecule has 5 heteroatoms. The SMILES string of the molecule is NCC1=NN(c2cccc(Cl)c2)C(c2ccccc2F)C1. The zero-order chi connectivity index (χ0) is 14.8. The summed E-state index contributed by atoms with van der Waals surface area (Å²) >= 11 is 6.04. The van der Waals surface area contributed by atoms with Crippen molar-refractivity contribution in [3.05, 3.63) is 64.9 Å². The van der Waals surface area contributed by atoms with Gasteiger partial charge in [-0.3, -0.25) is 5.01 Å². The second kappa shape index (κ2) is 5.84. The summed E-state index contributed by atoms with van der Waals surface area (Å²) in [7, 11) is 0. The van der Waals surface area contributed by atoms with Crippen molar-refractivity contribution in [3.63, 3.8) is 0 Å². The van der Waals surface area contributed by atoms with E-state index in [1.54, 1.807) is 23.2 Å². The fourth-order valence-corrected chi connectivity index (χ4v) is 2.72. The first kappa shape index (κ1) is 14.0. The minimum atomic E-state index is -0.233. The van der Waals surface area contributed by atoms with E-state index < -0.39 is 0 Å². The highest BCUT2D eigenvalue weighted by Gasteiger charge is 2.30. The number of hydrogen-bond donors (Lipinski definition) is 1. The molecule has 3 rings (SSSR count). The molecule has 3 nitrogen and oxygen atoms in total. The van der Waals surface area contributed by atoms with Gasteiger partial charge in [-0.1, -0.05) is 35.9 Å². The molecule has 0 radical (unpaired) electrons. The van der Waals surface area contributed by atoms with Gasteiger partial charge in [-0.25, -0.2) is 4.39 Å². The van der Waals surface area contributed by atoms with E-state index in [9.17, 15) is 4.39 Å². The summed E-state index contributed by atoms with van der Waals surface area (Å²) in [5.74, 6) is -0.233. The van der Waals surface area contributed by atoms with Gasteiger partial charge >= 0.3 is 0 Å². The number of nitrogens with two attached hydrogens (primary N) is 1. The number of nitrogens with zero attached hydrogens (tertiary/aromatic N) is 2. The van der Waals surface area contributed by atoms with E-state index in [1.807, 2.05) is 24.3 Å². The second-order valence-corrected chi connectivity index (χ2v) is 5.37. The lowest BCUT2D eigenvalue weighted by Gasteiger charge is -2.24. The maximum atomic E-state index is 14.1. The van der Waals surface area contributed by atoms with Crippen molar-refractivity contribution in [2.24, 2.45) is 10.8 Å². The first-order valence-electron chi connectivity index (χ1n) is 6.74. The molecule has 2 aromatic rings. The van der Waals surface area contributed by atoms with Crippen LogP contribution in [0.1, 0.15) is 18.0 Å². The quantitative estimate of drug-likeness (QED) is 0.938. The molecule has 1 aliphatic rings. The monoisotopic (exact) mass is 303 g/mol. The number of rotatable bonds is 3. The van der Waals surface area contributed by atoms with Crippen LogP contribution in [0.3, 0.4) is 0 Å². The maximum Gasteiger partial charge on any atom is 0.128 e. The van der Waals surface area contributed by atoms with Crippen LogP contribution < -0.4 is 10.7 Å². The van der Waals surface area contributed by atoms with Gasteiger partial charge in [0.2, 0.25) is 0 Å². The highest BCUT2D eigenvalue weighted by molar-refractivity contribution is 6.30. The predicted octanol–water partition coefficient (Wildman–Crippen LogP) is 3.75. The van der Waals surface area contributed by atoms with Gasteiger partial charge in [0.05, 0.1) is 17.4 Å². The van der Waals surface area contributed by atoms with Gasteiger partial charge in [0.1, 0.15) is 5.82 Å². The van der Waals surface area contributed by atoms with Crippen LogP contribution in [-0.2, 0) is 0 Å². The molecule has 0 saturated heterocycles. The Bertz CT molecular complexity index is 687. The average molecular weight is 304 g/mol. The lowest BCUT2D eigenvalue weighted by Crippen LogP contribution is -2.19. The van der Waals surface area contributed by atoms with Crippen molar-refractivity contribution < 1.29 is 4.39 Å². The zero-order valence-corrected chi connectivity index (χ0v) is 12.1. The minimum Gasteiger partial charge on any atom is -0.325 e. The molecule has 1 aliphatic heterocycles. The van der Waals surface area contributed by atoms with Gasteiger partial charge in [0.25, 0.3) is 0 Å². The summed E-state index contributed by atoms with van der Waals surface area (Å²) in [6.45, 7) is 0.363. The minimum absolute atomic E-state index is 0.191. The number of halogens is 2. The van der Waals surface area contributed by atoms with Crippen molar-refractivity contribution in [2.75, 3.05) is 11.6 Å². The Morgan fingerprint density at radius 3 is 2.76 bits per heavy atom. The Kier molecular flexibility index (Phi) is 3.90. The summed E-state index contributed by atoms with van der Waals surface area (Å²) < 4.78 is 14.1. The molecule has 1 heterocycles. The third-order valence-corrected chi connectivity index (χ3v) is 3.78. The Hall–Kier alpha value is -1.91. The van der Waals surface area contributed by atoms with Gasteiger partial charge in [-0.05, 0) is 24.3 Å². The third-order valence-electron chi connectivity index (χ3n) is 3.55. The van der Waals surface area contributed by atoms with Crippen LogP contribution in [0, 0.1) is 5.82 Å². The standard InChI is InChI=1S/C16H15ClFN3/c17-11-4-3-5-13(8-11)21-16(9-12(10-19)20-21)14-6-1-2-7-15(14)18/h1-8,16H,9-10,19H2. The zero-order valence-electron chi connectivity index (χ0n) is 11.3. The van der Waals surface area contributed by atoms with Crippen molar-refractivity contribution >= 4 is 23.0 Å². The summed E-state index contributed by atoms with van der Waals surface area (Å²) in [4.78, 5) is 0. The van der Waals surface area contributed by atoms with E-state index in [2.05, 4.69) is 5.10 Å². The van der Waals surface area contributed by atoms with Crippen LogP contribution in [-0.4, -0.2) is 12.3 Å². The van der Waals surface area contributed by atoms with E-state index >= 15 is 0 Å². The van der Waals surface area contributed by atoms with E-state index in [4.69, 9.17) is 17.3 Å². The highest BCUT2D eigenvalue weighted by atomic mass is 35.5. The first-order chi connectivity index (χ1) is 10.2. The fraction of sp³-hybridized carbons (Fsp3) is 0.188.